The number of piperazine rings is 1. The van der Waals surface area contributed by atoms with E-state index in [4.69, 9.17) is 10.7 Å². The Labute approximate surface area is 195 Å². The first-order valence-corrected chi connectivity index (χ1v) is 11.5. The number of anilines is 2. The summed E-state index contributed by atoms with van der Waals surface area (Å²) in [5, 5.41) is 3.82. The second kappa shape index (κ2) is 9.08. The number of hydrogen-bond acceptors (Lipinski definition) is 8. The first-order valence-electron chi connectivity index (χ1n) is 10.7. The fraction of sp³-hybridized carbons (Fsp3) is 0.261. The summed E-state index contributed by atoms with van der Waals surface area (Å²) >= 11 is 1.48. The van der Waals surface area contributed by atoms with Gasteiger partial charge in [-0.15, -0.1) is 0 Å². The van der Waals surface area contributed by atoms with Crippen LogP contribution in [0.5, 0.6) is 0 Å². The van der Waals surface area contributed by atoms with E-state index in [2.05, 4.69) is 25.2 Å². The van der Waals surface area contributed by atoms with E-state index in [1.807, 2.05) is 48.2 Å². The van der Waals surface area contributed by atoms with E-state index in [9.17, 15) is 4.79 Å². The van der Waals surface area contributed by atoms with Crippen LogP contribution in [-0.2, 0) is 6.54 Å². The Morgan fingerprint density at radius 1 is 1.09 bits per heavy atom. The summed E-state index contributed by atoms with van der Waals surface area (Å²) in [6.45, 7) is 5.39. The number of hydrogen-bond donors (Lipinski definition) is 2. The maximum absolute atomic E-state index is 12.6. The molecule has 4 heterocycles. The molecule has 0 spiro atoms. The Bertz CT molecular complexity index is 1270. The summed E-state index contributed by atoms with van der Waals surface area (Å²) in [6, 6.07) is 11.6. The number of amides is 2. The largest absolute Gasteiger partial charge is 0.368 e. The van der Waals surface area contributed by atoms with Crippen molar-refractivity contribution in [1.82, 2.24) is 29.7 Å². The van der Waals surface area contributed by atoms with Crippen LogP contribution in [-0.4, -0.2) is 61.9 Å². The number of carbonyl (C=O) groups excluding carboxylic acids is 1. The van der Waals surface area contributed by atoms with Crippen LogP contribution in [0.4, 0.5) is 16.4 Å². The number of carbonyl (C=O) groups is 1. The Morgan fingerprint density at radius 3 is 2.61 bits per heavy atom. The summed E-state index contributed by atoms with van der Waals surface area (Å²) in [5.74, 6) is 0.245. The van der Waals surface area contributed by atoms with Crippen molar-refractivity contribution < 1.29 is 4.79 Å². The molecule has 1 aromatic carbocycles. The molecule has 5 rings (SSSR count). The van der Waals surface area contributed by atoms with Crippen LogP contribution in [0.3, 0.4) is 0 Å². The predicted molar refractivity (Wildman–Crippen MR) is 130 cm³/mol. The standard InChI is InChI=1S/C23H24N8OS/c1-15-4-6-17(7-5-15)26-23(32)31-11-9-30(10-12-31)14-18-19-21(29-22(24)27-18)33-20(28-19)16-3-2-8-25-13-16/h2-8,13H,9-12,14H2,1H3,(H,26,32)(H2,24,27,29). The number of thiazole rings is 1. The topological polar surface area (TPSA) is 113 Å². The first-order chi connectivity index (χ1) is 16.0. The molecule has 4 aromatic rings. The van der Waals surface area contributed by atoms with E-state index in [0.29, 0.717) is 19.6 Å². The third-order valence-electron chi connectivity index (χ3n) is 5.59. The number of nitrogens with two attached hydrogens (primary N) is 1. The molecule has 10 heteroatoms. The average Bonchev–Trinajstić information content (AvgIpc) is 3.26. The van der Waals surface area contributed by atoms with Crippen LogP contribution in [0, 0.1) is 6.92 Å². The quantitative estimate of drug-likeness (QED) is 0.480. The van der Waals surface area contributed by atoms with Crippen LogP contribution in [0.15, 0.2) is 48.8 Å². The Morgan fingerprint density at radius 2 is 1.88 bits per heavy atom. The third-order valence-corrected chi connectivity index (χ3v) is 6.59. The molecular formula is C23H24N8OS. The summed E-state index contributed by atoms with van der Waals surface area (Å²) in [5.41, 5.74) is 10.5. The van der Waals surface area contributed by atoms with Gasteiger partial charge < -0.3 is 16.0 Å². The third kappa shape index (κ3) is 4.76. The predicted octanol–water partition coefficient (Wildman–Crippen LogP) is 3.39. The van der Waals surface area contributed by atoms with Crippen molar-refractivity contribution in [2.75, 3.05) is 37.2 Å². The lowest BCUT2D eigenvalue weighted by Gasteiger charge is -2.34. The van der Waals surface area contributed by atoms with Gasteiger partial charge in [0.2, 0.25) is 5.95 Å². The molecule has 3 N–H and O–H groups in total. The molecule has 1 saturated heterocycles. The van der Waals surface area contributed by atoms with Crippen molar-refractivity contribution in [2.24, 2.45) is 0 Å². The SMILES string of the molecule is Cc1ccc(NC(=O)N2CCN(Cc3nc(N)nc4sc(-c5cccnc5)nc34)CC2)cc1. The lowest BCUT2D eigenvalue weighted by atomic mass is 10.2. The molecule has 3 aromatic heterocycles. The highest BCUT2D eigenvalue weighted by Gasteiger charge is 2.23. The van der Waals surface area contributed by atoms with Crippen LogP contribution in [0.2, 0.25) is 0 Å². The molecule has 9 nitrogen and oxygen atoms in total. The fourth-order valence-electron chi connectivity index (χ4n) is 3.78. The second-order valence-corrected chi connectivity index (χ2v) is 8.98. The molecule has 1 aliphatic rings. The van der Waals surface area contributed by atoms with Crippen molar-refractivity contribution in [3.63, 3.8) is 0 Å². The molecule has 2 amide bonds. The van der Waals surface area contributed by atoms with Crippen LogP contribution in [0.25, 0.3) is 20.9 Å². The molecule has 0 saturated carbocycles. The molecular weight excluding hydrogens is 436 g/mol. The number of nitrogens with one attached hydrogen (secondary N) is 1. The van der Waals surface area contributed by atoms with Gasteiger partial charge in [-0.25, -0.2) is 19.7 Å². The van der Waals surface area contributed by atoms with Gasteiger partial charge in [0, 0.05) is 56.4 Å². The highest BCUT2D eigenvalue weighted by Crippen LogP contribution is 2.30. The van der Waals surface area contributed by atoms with Gasteiger partial charge in [-0.1, -0.05) is 29.0 Å². The average molecular weight is 461 g/mol. The lowest BCUT2D eigenvalue weighted by molar-refractivity contribution is 0.142. The molecule has 0 bridgehead atoms. The monoisotopic (exact) mass is 460 g/mol. The number of nitrogens with zero attached hydrogens (tertiary/aromatic N) is 6. The van der Waals surface area contributed by atoms with E-state index >= 15 is 0 Å². The number of rotatable bonds is 4. The zero-order chi connectivity index (χ0) is 22.8. The number of aromatic nitrogens is 4. The van der Waals surface area contributed by atoms with Crippen molar-refractivity contribution >= 4 is 39.4 Å². The van der Waals surface area contributed by atoms with Gasteiger partial charge in [0.15, 0.2) is 0 Å². The van der Waals surface area contributed by atoms with E-state index < -0.39 is 0 Å². The van der Waals surface area contributed by atoms with E-state index in [1.165, 1.54) is 11.3 Å². The molecule has 1 aliphatic heterocycles. The summed E-state index contributed by atoms with van der Waals surface area (Å²) in [7, 11) is 0. The molecule has 0 atom stereocenters. The number of aryl methyl sites for hydroxylation is 1. The number of fused-ring (bicyclic) bond motifs is 1. The van der Waals surface area contributed by atoms with Gasteiger partial charge in [0.25, 0.3) is 0 Å². The zero-order valence-electron chi connectivity index (χ0n) is 18.2. The Kier molecular flexibility index (Phi) is 5.84. The van der Waals surface area contributed by atoms with Crippen molar-refractivity contribution in [2.45, 2.75) is 13.5 Å². The minimum Gasteiger partial charge on any atom is -0.368 e. The highest BCUT2D eigenvalue weighted by molar-refractivity contribution is 7.21. The molecule has 0 unspecified atom stereocenters. The molecule has 168 valence electrons. The van der Waals surface area contributed by atoms with Crippen LogP contribution < -0.4 is 11.1 Å². The molecule has 0 aliphatic carbocycles. The number of urea groups is 1. The van der Waals surface area contributed by atoms with E-state index in [-0.39, 0.29) is 12.0 Å². The van der Waals surface area contributed by atoms with Crippen molar-refractivity contribution in [1.29, 1.82) is 0 Å². The van der Waals surface area contributed by atoms with Gasteiger partial charge in [0.1, 0.15) is 15.4 Å². The Hall–Kier alpha value is -3.63. The van der Waals surface area contributed by atoms with Gasteiger partial charge in [-0.2, -0.15) is 0 Å². The van der Waals surface area contributed by atoms with E-state index in [1.54, 1.807) is 12.4 Å². The maximum atomic E-state index is 12.6. The lowest BCUT2D eigenvalue weighted by Crippen LogP contribution is -2.49. The first kappa shape index (κ1) is 21.2. The fourth-order valence-corrected chi connectivity index (χ4v) is 4.74. The number of pyridine rings is 1. The number of nitrogen functional groups attached to an aromatic ring is 1. The zero-order valence-corrected chi connectivity index (χ0v) is 19.0. The van der Waals surface area contributed by atoms with E-state index in [0.717, 1.165) is 51.0 Å². The second-order valence-electron chi connectivity index (χ2n) is 8.00. The maximum Gasteiger partial charge on any atom is 0.321 e. The molecule has 0 radical (unpaired) electrons. The van der Waals surface area contributed by atoms with Crippen LogP contribution >= 0.6 is 11.3 Å². The summed E-state index contributed by atoms with van der Waals surface area (Å²) in [6.07, 6.45) is 3.52. The Balaban J connectivity index is 1.26. The minimum atomic E-state index is -0.0761. The number of benzene rings is 1. The minimum absolute atomic E-state index is 0.0761. The summed E-state index contributed by atoms with van der Waals surface area (Å²) in [4.78, 5) is 35.3. The van der Waals surface area contributed by atoms with Gasteiger partial charge in [0.05, 0.1) is 5.69 Å². The van der Waals surface area contributed by atoms with Crippen LogP contribution in [0.1, 0.15) is 11.3 Å². The van der Waals surface area contributed by atoms with Crippen molar-refractivity contribution in [3.8, 4) is 10.6 Å². The van der Waals surface area contributed by atoms with Gasteiger partial charge >= 0.3 is 6.03 Å². The molecule has 1 fully saturated rings. The van der Waals surface area contributed by atoms with Crippen molar-refractivity contribution in [3.05, 3.63) is 60.0 Å². The van der Waals surface area contributed by atoms with Gasteiger partial charge in [-0.05, 0) is 31.2 Å². The molecule has 33 heavy (non-hydrogen) atoms. The normalized spacial score (nSPS) is 14.5. The van der Waals surface area contributed by atoms with Gasteiger partial charge in [-0.3, -0.25) is 9.88 Å². The highest BCUT2D eigenvalue weighted by atomic mass is 32.1. The smallest absolute Gasteiger partial charge is 0.321 e. The summed E-state index contributed by atoms with van der Waals surface area (Å²) < 4.78 is 0.